The van der Waals surface area contributed by atoms with Crippen molar-refractivity contribution in [3.05, 3.63) is 40.4 Å². The first-order valence-electron chi connectivity index (χ1n) is 6.12. The zero-order valence-electron chi connectivity index (χ0n) is 10.8. The minimum Gasteiger partial charge on any atom is -0.395 e. The van der Waals surface area contributed by atoms with Gasteiger partial charge >= 0.3 is 0 Å². The highest BCUT2D eigenvalue weighted by molar-refractivity contribution is 6.31. The van der Waals surface area contributed by atoms with Gasteiger partial charge in [-0.3, -0.25) is 9.89 Å². The third-order valence-corrected chi connectivity index (χ3v) is 3.01. The zero-order chi connectivity index (χ0) is 14.7. The molecular weight excluding hydrogens is 283 g/mol. The van der Waals surface area contributed by atoms with Gasteiger partial charge in [-0.25, -0.2) is 4.39 Å². The summed E-state index contributed by atoms with van der Waals surface area (Å²) in [6.45, 7) is 1.99. The largest absolute Gasteiger partial charge is 0.395 e. The van der Waals surface area contributed by atoms with Crippen molar-refractivity contribution in [3.8, 4) is 0 Å². The van der Waals surface area contributed by atoms with Gasteiger partial charge in [0.2, 0.25) is 0 Å². The van der Waals surface area contributed by atoms with Crippen LogP contribution in [-0.2, 0) is 6.42 Å². The number of hydrogen-bond acceptors (Lipinski definition) is 3. The summed E-state index contributed by atoms with van der Waals surface area (Å²) < 4.78 is 13.5. The van der Waals surface area contributed by atoms with E-state index in [9.17, 15) is 9.18 Å². The van der Waals surface area contributed by atoms with Crippen molar-refractivity contribution >= 4 is 28.9 Å². The molecule has 1 aromatic heterocycles. The standard InChI is InChI=1S/C13H14ClFN4O/c1-2-3-9-11(16)12(19-18-9)13(20)17-10-6-7(14)4-5-8(10)15/h4-6H,2-3,16H2,1H3,(H,17,20)(H,18,19). The molecule has 106 valence electrons. The van der Waals surface area contributed by atoms with E-state index < -0.39 is 11.7 Å². The molecule has 0 aliphatic carbocycles. The molecule has 1 aromatic carbocycles. The highest BCUT2D eigenvalue weighted by Gasteiger charge is 2.18. The van der Waals surface area contributed by atoms with Crippen LogP contribution in [0.1, 0.15) is 29.5 Å². The van der Waals surface area contributed by atoms with E-state index in [4.69, 9.17) is 17.3 Å². The van der Waals surface area contributed by atoms with Gasteiger partial charge in [-0.15, -0.1) is 0 Å². The number of carbonyl (C=O) groups is 1. The normalized spacial score (nSPS) is 10.6. The lowest BCUT2D eigenvalue weighted by Gasteiger charge is -2.05. The van der Waals surface area contributed by atoms with Crippen LogP contribution in [-0.4, -0.2) is 16.1 Å². The van der Waals surface area contributed by atoms with Gasteiger partial charge in [0, 0.05) is 5.02 Å². The Hall–Kier alpha value is -2.08. The summed E-state index contributed by atoms with van der Waals surface area (Å²) in [7, 11) is 0. The third-order valence-electron chi connectivity index (χ3n) is 2.77. The molecule has 2 aromatic rings. The molecule has 0 aliphatic heterocycles. The molecule has 0 spiro atoms. The lowest BCUT2D eigenvalue weighted by atomic mass is 10.2. The van der Waals surface area contributed by atoms with Crippen LogP contribution in [0.15, 0.2) is 18.2 Å². The molecule has 1 amide bonds. The number of amides is 1. The molecule has 0 unspecified atom stereocenters. The number of nitrogens with two attached hydrogens (primary N) is 1. The van der Waals surface area contributed by atoms with Crippen molar-refractivity contribution in [3.63, 3.8) is 0 Å². The monoisotopic (exact) mass is 296 g/mol. The fourth-order valence-electron chi connectivity index (χ4n) is 1.78. The number of aromatic amines is 1. The Labute approximate surface area is 120 Å². The number of hydrogen-bond donors (Lipinski definition) is 3. The molecule has 0 saturated heterocycles. The number of carbonyl (C=O) groups excluding carboxylic acids is 1. The average molecular weight is 297 g/mol. The van der Waals surface area contributed by atoms with Crippen LogP contribution in [0.25, 0.3) is 0 Å². The molecule has 7 heteroatoms. The minimum atomic E-state index is -0.581. The van der Waals surface area contributed by atoms with Crippen LogP contribution in [0, 0.1) is 5.82 Å². The number of nitrogen functional groups attached to an aromatic ring is 1. The first-order valence-corrected chi connectivity index (χ1v) is 6.49. The van der Waals surface area contributed by atoms with Gasteiger partial charge in [-0.05, 0) is 24.6 Å². The molecule has 0 saturated carbocycles. The summed E-state index contributed by atoms with van der Waals surface area (Å²) in [5.41, 5.74) is 6.86. The number of rotatable bonds is 4. The Morgan fingerprint density at radius 3 is 3.00 bits per heavy atom. The minimum absolute atomic E-state index is 0.0121. The number of nitrogens with zero attached hydrogens (tertiary/aromatic N) is 1. The van der Waals surface area contributed by atoms with E-state index in [-0.39, 0.29) is 17.1 Å². The lowest BCUT2D eigenvalue weighted by Crippen LogP contribution is -2.15. The topological polar surface area (TPSA) is 83.8 Å². The second kappa shape index (κ2) is 5.92. The fourth-order valence-corrected chi connectivity index (χ4v) is 1.95. The van der Waals surface area contributed by atoms with Crippen molar-refractivity contribution in [2.45, 2.75) is 19.8 Å². The SMILES string of the molecule is CCCc1[nH]nc(C(=O)Nc2cc(Cl)ccc2F)c1N. The first kappa shape index (κ1) is 14.3. The summed E-state index contributed by atoms with van der Waals surface area (Å²) in [5, 5.41) is 9.30. The Morgan fingerprint density at radius 1 is 1.55 bits per heavy atom. The third kappa shape index (κ3) is 2.91. The van der Waals surface area contributed by atoms with E-state index in [1.54, 1.807) is 0 Å². The zero-order valence-corrected chi connectivity index (χ0v) is 11.6. The molecule has 0 aliphatic rings. The van der Waals surface area contributed by atoms with Gasteiger partial charge < -0.3 is 11.1 Å². The van der Waals surface area contributed by atoms with Crippen molar-refractivity contribution in [1.82, 2.24) is 10.2 Å². The number of anilines is 2. The quantitative estimate of drug-likeness (QED) is 0.811. The number of H-pyrrole nitrogens is 1. The van der Waals surface area contributed by atoms with Crippen molar-refractivity contribution in [2.24, 2.45) is 0 Å². The number of aromatic nitrogens is 2. The molecular formula is C13H14ClFN4O. The predicted molar refractivity (Wildman–Crippen MR) is 76.4 cm³/mol. The molecule has 20 heavy (non-hydrogen) atoms. The second-order valence-corrected chi connectivity index (χ2v) is 4.73. The van der Waals surface area contributed by atoms with E-state index in [1.807, 2.05) is 6.92 Å². The van der Waals surface area contributed by atoms with E-state index in [0.717, 1.165) is 6.42 Å². The number of halogens is 2. The van der Waals surface area contributed by atoms with Crippen molar-refractivity contribution < 1.29 is 9.18 Å². The predicted octanol–water partition coefficient (Wildman–Crippen LogP) is 2.99. The van der Waals surface area contributed by atoms with Crippen LogP contribution < -0.4 is 11.1 Å². The van der Waals surface area contributed by atoms with Crippen molar-refractivity contribution in [2.75, 3.05) is 11.1 Å². The van der Waals surface area contributed by atoms with Gasteiger partial charge in [0.25, 0.3) is 5.91 Å². The number of nitrogens with one attached hydrogen (secondary N) is 2. The second-order valence-electron chi connectivity index (χ2n) is 4.29. The summed E-state index contributed by atoms with van der Waals surface area (Å²) in [6.07, 6.45) is 1.56. The number of benzene rings is 1. The fraction of sp³-hybridized carbons (Fsp3) is 0.231. The number of aryl methyl sites for hydroxylation is 1. The van der Waals surface area contributed by atoms with Gasteiger partial charge in [-0.1, -0.05) is 24.9 Å². The summed E-state index contributed by atoms with van der Waals surface area (Å²) in [4.78, 5) is 12.0. The smallest absolute Gasteiger partial charge is 0.278 e. The maximum Gasteiger partial charge on any atom is 0.278 e. The molecule has 0 bridgehead atoms. The molecule has 4 N–H and O–H groups in total. The van der Waals surface area contributed by atoms with Crippen LogP contribution >= 0.6 is 11.6 Å². The summed E-state index contributed by atoms with van der Waals surface area (Å²) in [6, 6.07) is 3.90. The maximum absolute atomic E-state index is 13.5. The maximum atomic E-state index is 13.5. The van der Waals surface area contributed by atoms with Gasteiger partial charge in [-0.2, -0.15) is 5.10 Å². The van der Waals surface area contributed by atoms with Gasteiger partial charge in [0.05, 0.1) is 17.1 Å². The highest BCUT2D eigenvalue weighted by atomic mass is 35.5. The highest BCUT2D eigenvalue weighted by Crippen LogP contribution is 2.22. The Morgan fingerprint density at radius 2 is 2.30 bits per heavy atom. The molecule has 0 radical (unpaired) electrons. The molecule has 0 fully saturated rings. The summed E-state index contributed by atoms with van der Waals surface area (Å²) in [5.74, 6) is -1.16. The van der Waals surface area contributed by atoms with Gasteiger partial charge in [0.1, 0.15) is 5.82 Å². The Bertz CT molecular complexity index is 641. The van der Waals surface area contributed by atoms with Crippen LogP contribution in [0.3, 0.4) is 0 Å². The van der Waals surface area contributed by atoms with E-state index >= 15 is 0 Å². The van der Waals surface area contributed by atoms with Gasteiger partial charge in [0.15, 0.2) is 5.69 Å². The van der Waals surface area contributed by atoms with Crippen molar-refractivity contribution in [1.29, 1.82) is 0 Å². The molecule has 5 nitrogen and oxygen atoms in total. The van der Waals surface area contributed by atoms with E-state index in [1.165, 1.54) is 18.2 Å². The Kier molecular flexibility index (Phi) is 4.24. The Balaban J connectivity index is 2.22. The van der Waals surface area contributed by atoms with Crippen LogP contribution in [0.2, 0.25) is 5.02 Å². The lowest BCUT2D eigenvalue weighted by molar-refractivity contribution is 0.102. The first-order chi connectivity index (χ1) is 9.52. The molecule has 2 rings (SSSR count). The molecule has 1 heterocycles. The van der Waals surface area contributed by atoms with E-state index in [0.29, 0.717) is 17.1 Å². The van der Waals surface area contributed by atoms with Crippen LogP contribution in [0.4, 0.5) is 15.8 Å². The van der Waals surface area contributed by atoms with E-state index in [2.05, 4.69) is 15.5 Å². The summed E-state index contributed by atoms with van der Waals surface area (Å²) >= 11 is 5.76. The molecule has 0 atom stereocenters. The average Bonchev–Trinajstić information content (AvgIpc) is 2.76. The van der Waals surface area contributed by atoms with Crippen LogP contribution in [0.5, 0.6) is 0 Å².